The highest BCUT2D eigenvalue weighted by atomic mass is 16.5. The average molecular weight is 331 g/mol. The third-order valence-corrected chi connectivity index (χ3v) is 5.26. The zero-order valence-corrected chi connectivity index (χ0v) is 14.6. The van der Waals surface area contributed by atoms with E-state index < -0.39 is 0 Å². The summed E-state index contributed by atoms with van der Waals surface area (Å²) in [5.41, 5.74) is 2.19. The van der Waals surface area contributed by atoms with E-state index in [0.717, 1.165) is 50.0 Å². The third-order valence-electron chi connectivity index (χ3n) is 5.26. The van der Waals surface area contributed by atoms with Crippen LogP contribution in [0.3, 0.4) is 0 Å². The number of rotatable bonds is 4. The van der Waals surface area contributed by atoms with Crippen LogP contribution in [0.2, 0.25) is 0 Å². The van der Waals surface area contributed by atoms with Crippen molar-refractivity contribution in [3.63, 3.8) is 0 Å². The lowest BCUT2D eigenvalue weighted by atomic mass is 9.78. The summed E-state index contributed by atoms with van der Waals surface area (Å²) in [4.78, 5) is 16.4. The highest BCUT2D eigenvalue weighted by Crippen LogP contribution is 2.38. The molecule has 1 unspecified atom stereocenters. The molecule has 132 valence electrons. The minimum absolute atomic E-state index is 0.0298. The minimum Gasteiger partial charge on any atom is -0.375 e. The van der Waals surface area contributed by atoms with Gasteiger partial charge in [0.2, 0.25) is 0 Å². The lowest BCUT2D eigenvalue weighted by Crippen LogP contribution is -2.51. The maximum atomic E-state index is 12.1. The molecule has 1 aliphatic carbocycles. The Morgan fingerprint density at radius 3 is 2.92 bits per heavy atom. The molecule has 3 rings (SSSR count). The summed E-state index contributed by atoms with van der Waals surface area (Å²) < 4.78 is 6.09. The Labute approximate surface area is 144 Å². The molecule has 5 heteroatoms. The van der Waals surface area contributed by atoms with Gasteiger partial charge < -0.3 is 15.4 Å². The zero-order valence-electron chi connectivity index (χ0n) is 14.6. The second-order valence-corrected chi connectivity index (χ2v) is 7.24. The fourth-order valence-electron chi connectivity index (χ4n) is 3.90. The van der Waals surface area contributed by atoms with Gasteiger partial charge in [0.15, 0.2) is 0 Å². The third kappa shape index (κ3) is 4.69. The summed E-state index contributed by atoms with van der Waals surface area (Å²) in [6, 6.07) is 4.24. The highest BCUT2D eigenvalue weighted by molar-refractivity contribution is 5.74. The van der Waals surface area contributed by atoms with E-state index in [-0.39, 0.29) is 17.7 Å². The fourth-order valence-corrected chi connectivity index (χ4v) is 3.90. The van der Waals surface area contributed by atoms with E-state index in [4.69, 9.17) is 4.74 Å². The van der Waals surface area contributed by atoms with Crippen molar-refractivity contribution in [1.29, 1.82) is 0 Å². The van der Waals surface area contributed by atoms with Gasteiger partial charge in [-0.15, -0.1) is 0 Å². The van der Waals surface area contributed by atoms with Crippen molar-refractivity contribution in [3.05, 3.63) is 29.6 Å². The number of carbonyl (C=O) groups is 1. The van der Waals surface area contributed by atoms with Crippen LogP contribution in [0.4, 0.5) is 4.79 Å². The van der Waals surface area contributed by atoms with Gasteiger partial charge in [-0.25, -0.2) is 4.79 Å². The lowest BCUT2D eigenvalue weighted by Gasteiger charge is -2.43. The molecule has 1 spiro atoms. The standard InChI is InChI=1S/C19H29N3O2/c1-15-5-6-16(14-21-15)7-11-20-18(23)22-17-8-12-24-19(13-17)9-3-2-4-10-19/h5-6,14,17H,2-4,7-13H2,1H3,(H2,20,22,23). The Bertz CT molecular complexity index is 533. The first-order valence-corrected chi connectivity index (χ1v) is 9.25. The van der Waals surface area contributed by atoms with Gasteiger partial charge in [0.05, 0.1) is 5.60 Å². The molecule has 5 nitrogen and oxygen atoms in total. The van der Waals surface area contributed by atoms with Crippen LogP contribution in [-0.4, -0.2) is 35.8 Å². The molecule has 2 N–H and O–H groups in total. The summed E-state index contributed by atoms with van der Waals surface area (Å²) in [7, 11) is 0. The van der Waals surface area contributed by atoms with Gasteiger partial charge in [-0.3, -0.25) is 4.98 Å². The van der Waals surface area contributed by atoms with Gasteiger partial charge in [0.25, 0.3) is 0 Å². The lowest BCUT2D eigenvalue weighted by molar-refractivity contribution is -0.107. The van der Waals surface area contributed by atoms with Gasteiger partial charge in [-0.05, 0) is 50.7 Å². The molecule has 1 saturated carbocycles. The highest BCUT2D eigenvalue weighted by Gasteiger charge is 2.38. The summed E-state index contributed by atoms with van der Waals surface area (Å²) in [5.74, 6) is 0. The Balaban J connectivity index is 1.40. The van der Waals surface area contributed by atoms with E-state index >= 15 is 0 Å². The number of urea groups is 1. The maximum absolute atomic E-state index is 12.1. The van der Waals surface area contributed by atoms with Crippen LogP contribution in [0.5, 0.6) is 0 Å². The molecular formula is C19H29N3O2. The number of hydrogen-bond donors (Lipinski definition) is 2. The smallest absolute Gasteiger partial charge is 0.315 e. The van der Waals surface area contributed by atoms with Gasteiger partial charge in [-0.1, -0.05) is 25.3 Å². The first-order chi connectivity index (χ1) is 11.7. The predicted molar refractivity (Wildman–Crippen MR) is 94.0 cm³/mol. The SMILES string of the molecule is Cc1ccc(CCNC(=O)NC2CCOC3(CCCCC3)C2)cn1. The number of amides is 2. The molecule has 2 heterocycles. The zero-order chi connectivity index (χ0) is 16.8. The number of ether oxygens (including phenoxy) is 1. The predicted octanol–water partition coefficient (Wildman–Crippen LogP) is 3.11. The molecule has 1 aromatic heterocycles. The van der Waals surface area contributed by atoms with E-state index in [1.807, 2.05) is 19.2 Å². The number of pyridine rings is 1. The molecule has 2 amide bonds. The van der Waals surface area contributed by atoms with Crippen molar-refractivity contribution >= 4 is 6.03 Å². The summed E-state index contributed by atoms with van der Waals surface area (Å²) in [6.45, 7) is 3.37. The first-order valence-electron chi connectivity index (χ1n) is 9.25. The quantitative estimate of drug-likeness (QED) is 0.891. The molecule has 24 heavy (non-hydrogen) atoms. The van der Waals surface area contributed by atoms with E-state index in [0.29, 0.717) is 6.54 Å². The van der Waals surface area contributed by atoms with Crippen molar-refractivity contribution < 1.29 is 9.53 Å². The molecule has 1 saturated heterocycles. The maximum Gasteiger partial charge on any atom is 0.315 e. The van der Waals surface area contributed by atoms with Gasteiger partial charge in [-0.2, -0.15) is 0 Å². The average Bonchev–Trinajstić information content (AvgIpc) is 2.57. The monoisotopic (exact) mass is 331 g/mol. The first kappa shape index (κ1) is 17.2. The van der Waals surface area contributed by atoms with E-state index in [9.17, 15) is 4.79 Å². The molecule has 2 fully saturated rings. The minimum atomic E-state index is -0.0621. The Morgan fingerprint density at radius 1 is 1.33 bits per heavy atom. The molecule has 1 atom stereocenters. The number of aromatic nitrogens is 1. The molecule has 1 aliphatic heterocycles. The van der Waals surface area contributed by atoms with Crippen LogP contribution in [0, 0.1) is 6.92 Å². The van der Waals surface area contributed by atoms with Crippen LogP contribution >= 0.6 is 0 Å². The number of nitrogens with zero attached hydrogens (tertiary/aromatic N) is 1. The molecule has 0 bridgehead atoms. The number of hydrogen-bond acceptors (Lipinski definition) is 3. The van der Waals surface area contributed by atoms with E-state index in [1.54, 1.807) is 0 Å². The Hall–Kier alpha value is -1.62. The van der Waals surface area contributed by atoms with Crippen LogP contribution in [0.15, 0.2) is 18.3 Å². The van der Waals surface area contributed by atoms with Crippen molar-refractivity contribution in [2.24, 2.45) is 0 Å². The van der Waals surface area contributed by atoms with Crippen LogP contribution in [0.25, 0.3) is 0 Å². The largest absolute Gasteiger partial charge is 0.375 e. The fraction of sp³-hybridized carbons (Fsp3) is 0.684. The topological polar surface area (TPSA) is 63.2 Å². The van der Waals surface area contributed by atoms with Gasteiger partial charge >= 0.3 is 6.03 Å². The number of aryl methyl sites for hydroxylation is 1. The van der Waals surface area contributed by atoms with Crippen molar-refractivity contribution in [2.45, 2.75) is 69.9 Å². The second-order valence-electron chi connectivity index (χ2n) is 7.24. The van der Waals surface area contributed by atoms with E-state index in [1.165, 1.54) is 19.3 Å². The number of nitrogens with one attached hydrogen (secondary N) is 2. The summed E-state index contributed by atoms with van der Waals surface area (Å²) >= 11 is 0. The van der Waals surface area contributed by atoms with Gasteiger partial charge in [0.1, 0.15) is 0 Å². The van der Waals surface area contributed by atoms with Crippen molar-refractivity contribution in [3.8, 4) is 0 Å². The van der Waals surface area contributed by atoms with E-state index in [2.05, 4.69) is 21.7 Å². The Kier molecular flexibility index (Phi) is 5.72. The molecule has 0 aromatic carbocycles. The Morgan fingerprint density at radius 2 is 2.17 bits per heavy atom. The molecular weight excluding hydrogens is 302 g/mol. The molecule has 0 radical (unpaired) electrons. The van der Waals surface area contributed by atoms with Crippen molar-refractivity contribution in [2.75, 3.05) is 13.2 Å². The van der Waals surface area contributed by atoms with Crippen LogP contribution in [-0.2, 0) is 11.2 Å². The second kappa shape index (κ2) is 7.97. The van der Waals surface area contributed by atoms with Gasteiger partial charge in [0, 0.05) is 31.1 Å². The number of carbonyl (C=O) groups excluding carboxylic acids is 1. The van der Waals surface area contributed by atoms with Crippen LogP contribution in [0.1, 0.15) is 56.2 Å². The van der Waals surface area contributed by atoms with Crippen LogP contribution < -0.4 is 10.6 Å². The summed E-state index contributed by atoms with van der Waals surface area (Å²) in [6.07, 6.45) is 10.7. The molecule has 1 aromatic rings. The van der Waals surface area contributed by atoms with Crippen molar-refractivity contribution in [1.82, 2.24) is 15.6 Å². The summed E-state index contributed by atoms with van der Waals surface area (Å²) in [5, 5.41) is 6.11. The molecule has 2 aliphatic rings. The normalized spacial score (nSPS) is 23.0.